The quantitative estimate of drug-likeness (QED) is 0.309. The molecule has 0 amide bonds. The molecular weight excluding hydrogens is 494 g/mol. The molecular formula is C20H33F3IN5. The summed E-state index contributed by atoms with van der Waals surface area (Å²) in [5, 5.41) is 5.77. The van der Waals surface area contributed by atoms with Crippen molar-refractivity contribution in [2.75, 3.05) is 45.8 Å². The number of hydrogen-bond donors (Lipinski definition) is 2. The standard InChI is InChI=1S/C20H32F3N5.HI/c1-3-24-19(25-10-9-20(21,22)23)26-15-17-7-5-6-8-18(17)16-28-13-11-27(4-2)12-14-28;/h5-8H,3-4,9-16H2,1-2H3,(H2,24,25,26);1H. The van der Waals surface area contributed by atoms with Crippen molar-refractivity contribution in [2.24, 2.45) is 4.99 Å². The van der Waals surface area contributed by atoms with Crippen LogP contribution in [0.4, 0.5) is 13.2 Å². The lowest BCUT2D eigenvalue weighted by Gasteiger charge is -2.34. The summed E-state index contributed by atoms with van der Waals surface area (Å²) in [4.78, 5) is 9.38. The normalized spacial score (nSPS) is 16.4. The van der Waals surface area contributed by atoms with Crippen LogP contribution in [0.3, 0.4) is 0 Å². The first kappa shape index (κ1) is 26.0. The van der Waals surface area contributed by atoms with E-state index in [-0.39, 0.29) is 30.5 Å². The first-order valence-electron chi connectivity index (χ1n) is 10.0. The number of alkyl halides is 3. The Morgan fingerprint density at radius 2 is 1.62 bits per heavy atom. The predicted molar refractivity (Wildman–Crippen MR) is 123 cm³/mol. The number of piperazine rings is 1. The Kier molecular flexibility index (Phi) is 11.9. The van der Waals surface area contributed by atoms with E-state index >= 15 is 0 Å². The van der Waals surface area contributed by atoms with Gasteiger partial charge in [0.15, 0.2) is 5.96 Å². The van der Waals surface area contributed by atoms with Gasteiger partial charge in [0.2, 0.25) is 0 Å². The molecule has 166 valence electrons. The van der Waals surface area contributed by atoms with E-state index in [1.165, 1.54) is 5.56 Å². The van der Waals surface area contributed by atoms with E-state index < -0.39 is 12.6 Å². The minimum absolute atomic E-state index is 0. The van der Waals surface area contributed by atoms with Gasteiger partial charge in [0.25, 0.3) is 0 Å². The zero-order valence-electron chi connectivity index (χ0n) is 17.3. The molecule has 1 aliphatic heterocycles. The zero-order valence-corrected chi connectivity index (χ0v) is 19.6. The van der Waals surface area contributed by atoms with Crippen LogP contribution < -0.4 is 10.6 Å². The summed E-state index contributed by atoms with van der Waals surface area (Å²) in [5.41, 5.74) is 2.33. The minimum Gasteiger partial charge on any atom is -0.357 e. The van der Waals surface area contributed by atoms with Crippen LogP contribution in [0.25, 0.3) is 0 Å². The maximum Gasteiger partial charge on any atom is 0.390 e. The highest BCUT2D eigenvalue weighted by Gasteiger charge is 2.26. The second-order valence-electron chi connectivity index (χ2n) is 6.97. The van der Waals surface area contributed by atoms with E-state index in [1.807, 2.05) is 25.1 Å². The fourth-order valence-electron chi connectivity index (χ4n) is 3.20. The molecule has 0 unspecified atom stereocenters. The minimum atomic E-state index is -4.17. The van der Waals surface area contributed by atoms with Crippen LogP contribution in [0.1, 0.15) is 31.4 Å². The molecule has 0 bridgehead atoms. The van der Waals surface area contributed by atoms with Crippen molar-refractivity contribution >= 4 is 29.9 Å². The van der Waals surface area contributed by atoms with Crippen LogP contribution in [0.5, 0.6) is 0 Å². The van der Waals surface area contributed by atoms with Crippen molar-refractivity contribution in [3.63, 3.8) is 0 Å². The molecule has 0 saturated carbocycles. The average Bonchev–Trinajstić information content (AvgIpc) is 2.67. The molecule has 0 radical (unpaired) electrons. The van der Waals surface area contributed by atoms with Crippen LogP contribution in [-0.4, -0.2) is 67.7 Å². The van der Waals surface area contributed by atoms with E-state index in [4.69, 9.17) is 0 Å². The summed E-state index contributed by atoms with van der Waals surface area (Å²) in [6.45, 7) is 11.2. The molecule has 0 aliphatic carbocycles. The Labute approximate surface area is 189 Å². The van der Waals surface area contributed by atoms with Crippen molar-refractivity contribution in [1.82, 2.24) is 20.4 Å². The Morgan fingerprint density at radius 1 is 1.00 bits per heavy atom. The third-order valence-electron chi connectivity index (χ3n) is 4.88. The maximum absolute atomic E-state index is 12.4. The van der Waals surface area contributed by atoms with Gasteiger partial charge in [-0.05, 0) is 24.6 Å². The van der Waals surface area contributed by atoms with Crippen LogP contribution in [0.15, 0.2) is 29.3 Å². The van der Waals surface area contributed by atoms with Crippen LogP contribution >= 0.6 is 24.0 Å². The molecule has 1 fully saturated rings. The van der Waals surface area contributed by atoms with Crippen molar-refractivity contribution in [2.45, 2.75) is 39.5 Å². The van der Waals surface area contributed by atoms with Gasteiger partial charge in [0.05, 0.1) is 13.0 Å². The predicted octanol–water partition coefficient (Wildman–Crippen LogP) is 3.45. The smallest absolute Gasteiger partial charge is 0.357 e. The Balaban J connectivity index is 0.00000420. The molecule has 0 spiro atoms. The lowest BCUT2D eigenvalue weighted by molar-refractivity contribution is -0.132. The summed E-state index contributed by atoms with van der Waals surface area (Å²) in [6.07, 6.45) is -5.05. The van der Waals surface area contributed by atoms with E-state index in [0.717, 1.165) is 44.8 Å². The summed E-state index contributed by atoms with van der Waals surface area (Å²) < 4.78 is 37.1. The monoisotopic (exact) mass is 527 g/mol. The van der Waals surface area contributed by atoms with E-state index in [2.05, 4.69) is 38.4 Å². The summed E-state index contributed by atoms with van der Waals surface area (Å²) in [5.74, 6) is 0.415. The van der Waals surface area contributed by atoms with E-state index in [9.17, 15) is 13.2 Å². The molecule has 1 aromatic carbocycles. The molecule has 1 aromatic rings. The number of nitrogens with zero attached hydrogens (tertiary/aromatic N) is 3. The second kappa shape index (κ2) is 13.3. The number of guanidine groups is 1. The molecule has 9 heteroatoms. The van der Waals surface area contributed by atoms with Gasteiger partial charge >= 0.3 is 6.18 Å². The number of halogens is 4. The molecule has 1 saturated heterocycles. The third kappa shape index (κ3) is 9.99. The Hall–Kier alpha value is -1.07. The topological polar surface area (TPSA) is 42.9 Å². The fraction of sp³-hybridized carbons (Fsp3) is 0.650. The van der Waals surface area contributed by atoms with Gasteiger partial charge in [0.1, 0.15) is 0 Å². The number of likely N-dealkylation sites (N-methyl/N-ethyl adjacent to an activating group) is 1. The number of hydrogen-bond acceptors (Lipinski definition) is 3. The highest BCUT2D eigenvalue weighted by Crippen LogP contribution is 2.18. The molecule has 1 aliphatic rings. The van der Waals surface area contributed by atoms with Gasteiger partial charge in [-0.1, -0.05) is 31.2 Å². The molecule has 0 aromatic heterocycles. The van der Waals surface area contributed by atoms with Gasteiger partial charge in [-0.3, -0.25) is 4.90 Å². The summed E-state index contributed by atoms with van der Waals surface area (Å²) in [7, 11) is 0. The molecule has 1 heterocycles. The number of nitrogens with one attached hydrogen (secondary N) is 2. The number of benzene rings is 1. The first-order valence-corrected chi connectivity index (χ1v) is 10.0. The molecule has 0 atom stereocenters. The van der Waals surface area contributed by atoms with Crippen molar-refractivity contribution in [1.29, 1.82) is 0 Å². The van der Waals surface area contributed by atoms with Gasteiger partial charge in [-0.2, -0.15) is 13.2 Å². The third-order valence-corrected chi connectivity index (χ3v) is 4.88. The fourth-order valence-corrected chi connectivity index (χ4v) is 3.20. The Bertz CT molecular complexity index is 616. The van der Waals surface area contributed by atoms with Gasteiger partial charge in [-0.15, -0.1) is 24.0 Å². The summed E-state index contributed by atoms with van der Waals surface area (Å²) in [6, 6.07) is 8.16. The SMILES string of the molecule is CCNC(=NCc1ccccc1CN1CCN(CC)CC1)NCCC(F)(F)F.I. The second-order valence-corrected chi connectivity index (χ2v) is 6.97. The largest absolute Gasteiger partial charge is 0.390 e. The van der Waals surface area contributed by atoms with Crippen molar-refractivity contribution in [3.05, 3.63) is 35.4 Å². The average molecular weight is 527 g/mol. The van der Waals surface area contributed by atoms with Crippen LogP contribution in [-0.2, 0) is 13.1 Å². The number of aliphatic imine (C=N–C) groups is 1. The molecule has 2 rings (SSSR count). The van der Waals surface area contributed by atoms with Gasteiger partial charge in [0, 0.05) is 45.8 Å². The highest BCUT2D eigenvalue weighted by molar-refractivity contribution is 14.0. The molecule has 2 N–H and O–H groups in total. The molecule has 29 heavy (non-hydrogen) atoms. The summed E-state index contributed by atoms with van der Waals surface area (Å²) >= 11 is 0. The zero-order chi connectivity index (χ0) is 20.4. The van der Waals surface area contributed by atoms with E-state index in [0.29, 0.717) is 19.0 Å². The highest BCUT2D eigenvalue weighted by atomic mass is 127. The first-order chi connectivity index (χ1) is 13.4. The maximum atomic E-state index is 12.4. The van der Waals surface area contributed by atoms with Crippen molar-refractivity contribution in [3.8, 4) is 0 Å². The Morgan fingerprint density at radius 3 is 2.21 bits per heavy atom. The van der Waals surface area contributed by atoms with Crippen LogP contribution in [0.2, 0.25) is 0 Å². The van der Waals surface area contributed by atoms with Gasteiger partial charge < -0.3 is 15.5 Å². The number of rotatable bonds is 8. The van der Waals surface area contributed by atoms with Crippen LogP contribution in [0, 0.1) is 0 Å². The molecule has 5 nitrogen and oxygen atoms in total. The lowest BCUT2D eigenvalue weighted by atomic mass is 10.1. The lowest BCUT2D eigenvalue weighted by Crippen LogP contribution is -2.45. The van der Waals surface area contributed by atoms with Crippen molar-refractivity contribution < 1.29 is 13.2 Å². The van der Waals surface area contributed by atoms with E-state index in [1.54, 1.807) is 0 Å². The van der Waals surface area contributed by atoms with Gasteiger partial charge in [-0.25, -0.2) is 4.99 Å².